The molecule has 2 aliphatic rings. The maximum Gasteiger partial charge on any atom is 0.234 e. The third kappa shape index (κ3) is 4.30. The largest absolute Gasteiger partial charge is 0.473 e. The summed E-state index contributed by atoms with van der Waals surface area (Å²) in [6.07, 6.45) is 16.3. The van der Waals surface area contributed by atoms with Crippen LogP contribution in [0.3, 0.4) is 0 Å². The predicted octanol–water partition coefficient (Wildman–Crippen LogP) is 3.30. The van der Waals surface area contributed by atoms with E-state index in [1.165, 1.54) is 19.3 Å². The van der Waals surface area contributed by atoms with Crippen molar-refractivity contribution in [3.63, 3.8) is 0 Å². The van der Waals surface area contributed by atoms with E-state index < -0.39 is 0 Å². The van der Waals surface area contributed by atoms with Crippen LogP contribution in [0.4, 0.5) is 5.82 Å². The molecule has 0 aromatic carbocycles. The van der Waals surface area contributed by atoms with Gasteiger partial charge in [0.25, 0.3) is 0 Å². The molecule has 1 saturated heterocycles. The van der Waals surface area contributed by atoms with Crippen LogP contribution in [0.25, 0.3) is 0 Å². The molecule has 2 aromatic rings. The highest BCUT2D eigenvalue weighted by atomic mass is 16.5. The highest BCUT2D eigenvalue weighted by Crippen LogP contribution is 2.26. The summed E-state index contributed by atoms with van der Waals surface area (Å²) < 4.78 is 8.11. The van der Waals surface area contributed by atoms with Gasteiger partial charge in [-0.2, -0.15) is 10.1 Å². The first kappa shape index (κ1) is 16.4. The maximum atomic E-state index is 6.07. The third-order valence-electron chi connectivity index (χ3n) is 5.38. The Morgan fingerprint density at radius 3 is 2.64 bits per heavy atom. The lowest BCUT2D eigenvalue weighted by Crippen LogP contribution is -2.35. The fraction of sp³-hybridized carbons (Fsp3) is 0.632. The number of hydrogen-bond acceptors (Lipinski definition) is 5. The van der Waals surface area contributed by atoms with E-state index >= 15 is 0 Å². The first-order valence-corrected chi connectivity index (χ1v) is 9.58. The molecule has 0 amide bonds. The molecule has 0 radical (unpaired) electrons. The van der Waals surface area contributed by atoms with Crippen LogP contribution >= 0.6 is 0 Å². The van der Waals surface area contributed by atoms with Crippen LogP contribution < -0.4 is 9.64 Å². The molecular weight excluding hydrogens is 314 g/mol. The zero-order chi connectivity index (χ0) is 16.9. The molecule has 6 nitrogen and oxygen atoms in total. The molecule has 2 fully saturated rings. The zero-order valence-corrected chi connectivity index (χ0v) is 14.8. The van der Waals surface area contributed by atoms with Gasteiger partial charge in [-0.1, -0.05) is 6.42 Å². The summed E-state index contributed by atoms with van der Waals surface area (Å²) in [5, 5.41) is 4.32. The second-order valence-corrected chi connectivity index (χ2v) is 7.25. The highest BCUT2D eigenvalue weighted by molar-refractivity contribution is 5.38. The van der Waals surface area contributed by atoms with Crippen molar-refractivity contribution in [1.82, 2.24) is 19.7 Å². The topological polar surface area (TPSA) is 56.1 Å². The summed E-state index contributed by atoms with van der Waals surface area (Å²) in [5.74, 6) is 2.32. The second-order valence-electron chi connectivity index (χ2n) is 7.25. The average Bonchev–Trinajstić information content (AvgIpc) is 3.16. The van der Waals surface area contributed by atoms with Crippen molar-refractivity contribution in [3.05, 3.63) is 30.9 Å². The molecule has 0 bridgehead atoms. The monoisotopic (exact) mass is 341 g/mol. The number of hydrogen-bond donors (Lipinski definition) is 0. The minimum atomic E-state index is 0.318. The van der Waals surface area contributed by atoms with E-state index in [0.717, 1.165) is 51.1 Å². The van der Waals surface area contributed by atoms with Gasteiger partial charge in [0.05, 0.1) is 12.4 Å². The van der Waals surface area contributed by atoms with Crippen molar-refractivity contribution in [2.75, 3.05) is 18.0 Å². The van der Waals surface area contributed by atoms with Crippen LogP contribution in [0, 0.1) is 5.92 Å². The number of ether oxygens (including phenoxy) is 1. The number of nitrogens with zero attached hydrogens (tertiary/aromatic N) is 5. The van der Waals surface area contributed by atoms with Gasteiger partial charge in [0.2, 0.25) is 5.88 Å². The van der Waals surface area contributed by atoms with E-state index in [1.54, 1.807) is 6.20 Å². The Bertz CT molecular complexity index is 646. The smallest absolute Gasteiger partial charge is 0.234 e. The molecule has 0 atom stereocenters. The van der Waals surface area contributed by atoms with E-state index in [4.69, 9.17) is 9.72 Å². The van der Waals surface area contributed by atoms with Gasteiger partial charge in [-0.3, -0.25) is 9.67 Å². The number of anilines is 1. The summed E-state index contributed by atoms with van der Waals surface area (Å²) in [6.45, 7) is 3.05. The lowest BCUT2D eigenvalue weighted by Gasteiger charge is -2.32. The number of rotatable bonds is 5. The molecule has 1 saturated carbocycles. The van der Waals surface area contributed by atoms with Crippen LogP contribution in [-0.4, -0.2) is 38.9 Å². The molecule has 2 aromatic heterocycles. The molecule has 3 heterocycles. The van der Waals surface area contributed by atoms with Gasteiger partial charge in [0.1, 0.15) is 6.10 Å². The van der Waals surface area contributed by atoms with Crippen LogP contribution in [0.15, 0.2) is 30.9 Å². The summed E-state index contributed by atoms with van der Waals surface area (Å²) in [7, 11) is 0. The molecular formula is C19H27N5O. The van der Waals surface area contributed by atoms with E-state index in [9.17, 15) is 0 Å². The Kier molecular flexibility index (Phi) is 5.14. The quantitative estimate of drug-likeness (QED) is 0.835. The zero-order valence-electron chi connectivity index (χ0n) is 14.8. The van der Waals surface area contributed by atoms with E-state index in [-0.39, 0.29) is 0 Å². The number of piperidine rings is 1. The van der Waals surface area contributed by atoms with E-state index in [1.807, 2.05) is 29.3 Å². The maximum absolute atomic E-state index is 6.07. The average molecular weight is 341 g/mol. The van der Waals surface area contributed by atoms with Gasteiger partial charge in [-0.25, -0.2) is 0 Å². The Morgan fingerprint density at radius 1 is 1.04 bits per heavy atom. The van der Waals surface area contributed by atoms with Gasteiger partial charge < -0.3 is 9.64 Å². The van der Waals surface area contributed by atoms with Crippen molar-refractivity contribution >= 4 is 5.82 Å². The summed E-state index contributed by atoms with van der Waals surface area (Å²) in [5.41, 5.74) is 0. The summed E-state index contributed by atoms with van der Waals surface area (Å²) in [4.78, 5) is 11.4. The first-order valence-electron chi connectivity index (χ1n) is 9.58. The minimum Gasteiger partial charge on any atom is -0.473 e. The molecule has 134 valence electrons. The van der Waals surface area contributed by atoms with Crippen molar-refractivity contribution in [2.24, 2.45) is 5.92 Å². The normalized spacial score (nSPS) is 19.9. The van der Waals surface area contributed by atoms with Crippen molar-refractivity contribution in [2.45, 2.75) is 57.6 Å². The minimum absolute atomic E-state index is 0.318. The predicted molar refractivity (Wildman–Crippen MR) is 96.7 cm³/mol. The van der Waals surface area contributed by atoms with Crippen LogP contribution in [0.1, 0.15) is 44.9 Å². The molecule has 0 N–H and O–H groups in total. The Hall–Kier alpha value is -2.11. The van der Waals surface area contributed by atoms with Crippen molar-refractivity contribution < 1.29 is 4.74 Å². The lowest BCUT2D eigenvalue weighted by molar-refractivity contribution is 0.148. The molecule has 0 spiro atoms. The molecule has 4 rings (SSSR count). The van der Waals surface area contributed by atoms with Gasteiger partial charge in [0.15, 0.2) is 5.82 Å². The highest BCUT2D eigenvalue weighted by Gasteiger charge is 2.22. The standard InChI is InChI=1S/C19H27N5O/c1-2-5-17(6-3-1)25-19-14-20-13-18(22-19)23-11-7-16(8-12-23)15-24-10-4-9-21-24/h4,9-10,13-14,16-17H,1-3,5-8,11-12,15H2. The Labute approximate surface area is 149 Å². The van der Waals surface area contributed by atoms with Gasteiger partial charge in [-0.15, -0.1) is 0 Å². The van der Waals surface area contributed by atoms with Crippen LogP contribution in [0.2, 0.25) is 0 Å². The fourth-order valence-corrected chi connectivity index (χ4v) is 3.92. The van der Waals surface area contributed by atoms with Gasteiger partial charge in [-0.05, 0) is 50.5 Å². The molecule has 1 aliphatic carbocycles. The molecule has 0 unspecified atom stereocenters. The SMILES string of the molecule is c1cnn(CC2CCN(c3cncc(OC4CCCCC4)n3)CC2)c1. The summed E-state index contributed by atoms with van der Waals surface area (Å²) >= 11 is 0. The van der Waals surface area contributed by atoms with Crippen molar-refractivity contribution in [3.8, 4) is 5.88 Å². The van der Waals surface area contributed by atoms with Gasteiger partial charge >= 0.3 is 0 Å². The molecule has 25 heavy (non-hydrogen) atoms. The van der Waals surface area contributed by atoms with Crippen LogP contribution in [0.5, 0.6) is 5.88 Å². The molecule has 6 heteroatoms. The summed E-state index contributed by atoms with van der Waals surface area (Å²) in [6, 6.07) is 1.99. The van der Waals surface area contributed by atoms with Crippen molar-refractivity contribution in [1.29, 1.82) is 0 Å². The van der Waals surface area contributed by atoms with E-state index in [0.29, 0.717) is 17.9 Å². The van der Waals surface area contributed by atoms with Gasteiger partial charge in [0, 0.05) is 32.0 Å². The van der Waals surface area contributed by atoms with E-state index in [2.05, 4.69) is 15.0 Å². The molecule has 1 aliphatic heterocycles. The first-order chi connectivity index (χ1) is 12.4. The Morgan fingerprint density at radius 2 is 1.88 bits per heavy atom. The number of aromatic nitrogens is 4. The Balaban J connectivity index is 1.32. The fourth-order valence-electron chi connectivity index (χ4n) is 3.92. The lowest BCUT2D eigenvalue weighted by atomic mass is 9.97. The second kappa shape index (κ2) is 7.85. The third-order valence-corrected chi connectivity index (χ3v) is 5.38. The van der Waals surface area contributed by atoms with Crippen LogP contribution in [-0.2, 0) is 6.54 Å².